The van der Waals surface area contributed by atoms with Gasteiger partial charge < -0.3 is 20.2 Å². The fourth-order valence-electron chi connectivity index (χ4n) is 4.47. The molecular weight excluding hydrogens is 595 g/mol. The Morgan fingerprint density at radius 1 is 1.19 bits per heavy atom. The van der Waals surface area contributed by atoms with E-state index in [1.807, 2.05) is 19.9 Å². The Hall–Kier alpha value is -4.36. The van der Waals surface area contributed by atoms with Gasteiger partial charge in [0.2, 0.25) is 0 Å². The number of hydrogen-bond donors (Lipinski definition) is 2. The number of halogens is 4. The van der Waals surface area contributed by atoms with Crippen molar-refractivity contribution in [2.24, 2.45) is 5.73 Å². The van der Waals surface area contributed by atoms with E-state index in [2.05, 4.69) is 15.4 Å². The molecule has 0 atom stereocenters. The van der Waals surface area contributed by atoms with Gasteiger partial charge in [0.25, 0.3) is 11.8 Å². The van der Waals surface area contributed by atoms with Crippen LogP contribution in [-0.2, 0) is 19.3 Å². The summed E-state index contributed by atoms with van der Waals surface area (Å²) < 4.78 is 54.5. The van der Waals surface area contributed by atoms with E-state index in [-0.39, 0.29) is 38.7 Å². The number of aromatic nitrogens is 3. The fraction of sp³-hybridized carbons (Fsp3) is 0.214. The van der Waals surface area contributed by atoms with Crippen molar-refractivity contribution >= 4 is 50.7 Å². The summed E-state index contributed by atoms with van der Waals surface area (Å²) in [4.78, 5) is 29.1. The fourth-order valence-corrected chi connectivity index (χ4v) is 5.76. The molecule has 4 aromatic heterocycles. The average molecular weight is 618 g/mol. The van der Waals surface area contributed by atoms with Crippen molar-refractivity contribution in [2.45, 2.75) is 40.1 Å². The number of furan rings is 1. The number of rotatable bonds is 8. The van der Waals surface area contributed by atoms with Gasteiger partial charge in [-0.3, -0.25) is 14.3 Å². The van der Waals surface area contributed by atoms with Crippen molar-refractivity contribution in [1.82, 2.24) is 14.8 Å². The topological polar surface area (TPSA) is 125 Å². The van der Waals surface area contributed by atoms with Gasteiger partial charge in [0.1, 0.15) is 33.5 Å². The molecule has 0 aliphatic rings. The van der Waals surface area contributed by atoms with Crippen molar-refractivity contribution in [3.8, 4) is 16.9 Å². The Balaban J connectivity index is 1.54. The van der Waals surface area contributed by atoms with Gasteiger partial charge >= 0.3 is 6.18 Å². The van der Waals surface area contributed by atoms with Crippen molar-refractivity contribution in [3.63, 3.8) is 0 Å². The van der Waals surface area contributed by atoms with Crippen LogP contribution in [0.2, 0.25) is 5.02 Å². The van der Waals surface area contributed by atoms with E-state index in [9.17, 15) is 22.8 Å². The molecule has 9 nitrogen and oxygen atoms in total. The number of nitrogens with one attached hydrogen (secondary N) is 1. The number of carbonyl (C=O) groups excluding carboxylic acids is 2. The number of ether oxygens (including phenoxy) is 1. The number of thiophene rings is 1. The van der Waals surface area contributed by atoms with Gasteiger partial charge in [-0.15, -0.1) is 11.3 Å². The third-order valence-electron chi connectivity index (χ3n) is 6.52. The molecule has 0 fully saturated rings. The second-order valence-electron chi connectivity index (χ2n) is 9.26. The lowest BCUT2D eigenvalue weighted by atomic mass is 10.0. The first-order valence-electron chi connectivity index (χ1n) is 12.5. The van der Waals surface area contributed by atoms with Crippen LogP contribution >= 0.6 is 22.9 Å². The van der Waals surface area contributed by atoms with Crippen molar-refractivity contribution < 1.29 is 31.9 Å². The van der Waals surface area contributed by atoms with E-state index in [1.54, 1.807) is 23.7 Å². The summed E-state index contributed by atoms with van der Waals surface area (Å²) in [5, 5.41) is 7.40. The summed E-state index contributed by atoms with van der Waals surface area (Å²) in [6.07, 6.45) is -3.34. The summed E-state index contributed by atoms with van der Waals surface area (Å²) >= 11 is 6.85. The first kappa shape index (κ1) is 29.1. The van der Waals surface area contributed by atoms with Crippen LogP contribution in [0.3, 0.4) is 0 Å². The van der Waals surface area contributed by atoms with Crippen LogP contribution in [-0.4, -0.2) is 26.6 Å². The van der Waals surface area contributed by atoms with E-state index in [0.717, 1.165) is 11.6 Å². The number of alkyl halides is 3. The van der Waals surface area contributed by atoms with Crippen molar-refractivity contribution in [1.29, 1.82) is 0 Å². The van der Waals surface area contributed by atoms with Crippen molar-refractivity contribution in [2.75, 3.05) is 5.32 Å². The lowest BCUT2D eigenvalue weighted by Gasteiger charge is -2.12. The number of anilines is 1. The van der Waals surface area contributed by atoms with Crippen LogP contribution in [0, 0.1) is 13.8 Å². The molecular formula is C28H23ClF3N5O4S. The molecule has 4 heterocycles. The minimum atomic E-state index is -4.77. The molecule has 0 spiro atoms. The molecule has 2 amide bonds. The van der Waals surface area contributed by atoms with Crippen LogP contribution in [0.25, 0.3) is 21.3 Å². The van der Waals surface area contributed by atoms with Gasteiger partial charge in [-0.05, 0) is 56.2 Å². The number of carbonyl (C=O) groups is 2. The molecule has 3 N–H and O–H groups in total. The first-order chi connectivity index (χ1) is 19.9. The summed E-state index contributed by atoms with van der Waals surface area (Å²) in [7, 11) is 0. The van der Waals surface area contributed by atoms with Gasteiger partial charge in [0, 0.05) is 23.2 Å². The molecule has 1 aromatic carbocycles. The first-order valence-corrected chi connectivity index (χ1v) is 13.7. The maximum atomic E-state index is 13.8. The minimum absolute atomic E-state index is 0.0270. The van der Waals surface area contributed by atoms with Gasteiger partial charge in [-0.1, -0.05) is 23.7 Å². The van der Waals surface area contributed by atoms with Gasteiger partial charge in [0.15, 0.2) is 5.76 Å². The summed E-state index contributed by atoms with van der Waals surface area (Å²) in [5.41, 5.74) is 6.23. The Morgan fingerprint density at radius 3 is 2.60 bits per heavy atom. The number of hydrogen-bond acceptors (Lipinski definition) is 7. The lowest BCUT2D eigenvalue weighted by molar-refractivity contribution is -0.140. The van der Waals surface area contributed by atoms with Crippen LogP contribution in [0.15, 0.2) is 47.0 Å². The van der Waals surface area contributed by atoms with E-state index in [4.69, 9.17) is 26.5 Å². The Bertz CT molecular complexity index is 1820. The number of nitrogens with two attached hydrogens (primary N) is 1. The van der Waals surface area contributed by atoms with Crippen LogP contribution < -0.4 is 15.8 Å². The number of para-hydroxylation sites is 1. The predicted octanol–water partition coefficient (Wildman–Crippen LogP) is 6.99. The zero-order valence-electron chi connectivity index (χ0n) is 22.4. The second kappa shape index (κ2) is 11.1. The number of pyridine rings is 1. The summed E-state index contributed by atoms with van der Waals surface area (Å²) in [6, 6.07) is 9.12. The highest BCUT2D eigenvalue weighted by Crippen LogP contribution is 2.44. The molecule has 0 saturated carbocycles. The maximum Gasteiger partial charge on any atom is 0.433 e. The number of nitrogens with zero attached hydrogens (tertiary/aromatic N) is 3. The van der Waals surface area contributed by atoms with Crippen LogP contribution in [0.1, 0.15) is 49.9 Å². The Morgan fingerprint density at radius 2 is 1.95 bits per heavy atom. The van der Waals surface area contributed by atoms with Gasteiger partial charge in [-0.25, -0.2) is 4.98 Å². The maximum absolute atomic E-state index is 13.8. The predicted molar refractivity (Wildman–Crippen MR) is 152 cm³/mol. The smallest absolute Gasteiger partial charge is 0.433 e. The van der Waals surface area contributed by atoms with E-state index in [1.165, 1.54) is 18.3 Å². The molecule has 5 aromatic rings. The quantitative estimate of drug-likeness (QED) is 0.193. The second-order valence-corrected chi connectivity index (χ2v) is 10.7. The van der Waals surface area contributed by atoms with Crippen molar-refractivity contribution in [3.05, 3.63) is 81.0 Å². The third-order valence-corrected chi connectivity index (χ3v) is 7.91. The molecule has 0 aliphatic carbocycles. The van der Waals surface area contributed by atoms with Crippen LogP contribution in [0.4, 0.5) is 18.9 Å². The SMILES string of the molecule is CCn1ncc(-c2cc(C(F)(F)F)nc3sc(C(N)=O)c(NC(=O)c4ccc(COc5c(C)cccc5Cl)o4)c23)c1C. The average Bonchev–Trinajstić information content (AvgIpc) is 3.64. The van der Waals surface area contributed by atoms with Gasteiger partial charge in [0.05, 0.1) is 16.9 Å². The highest BCUT2D eigenvalue weighted by Gasteiger charge is 2.35. The van der Waals surface area contributed by atoms with E-state index in [0.29, 0.717) is 45.7 Å². The number of aryl methyl sites for hydroxylation is 2. The largest absolute Gasteiger partial charge is 0.484 e. The molecule has 42 heavy (non-hydrogen) atoms. The molecule has 5 rings (SSSR count). The minimum Gasteiger partial charge on any atom is -0.484 e. The zero-order valence-corrected chi connectivity index (χ0v) is 24.0. The zero-order chi connectivity index (χ0) is 30.3. The molecule has 0 aliphatic heterocycles. The molecule has 0 unspecified atom stereocenters. The molecule has 218 valence electrons. The molecule has 0 radical (unpaired) electrons. The summed E-state index contributed by atoms with van der Waals surface area (Å²) in [6.45, 7) is 5.83. The highest BCUT2D eigenvalue weighted by molar-refractivity contribution is 7.21. The highest BCUT2D eigenvalue weighted by atomic mass is 35.5. The van der Waals surface area contributed by atoms with Gasteiger partial charge in [-0.2, -0.15) is 18.3 Å². The third kappa shape index (κ3) is 5.44. The number of fused-ring (bicyclic) bond motifs is 1. The lowest BCUT2D eigenvalue weighted by Crippen LogP contribution is -2.16. The van der Waals surface area contributed by atoms with E-state index < -0.39 is 23.7 Å². The normalized spacial score (nSPS) is 11.7. The Labute approximate surface area is 246 Å². The molecule has 14 heteroatoms. The number of primary amides is 1. The molecule has 0 saturated heterocycles. The van der Waals surface area contributed by atoms with E-state index >= 15 is 0 Å². The number of amides is 2. The number of benzene rings is 1. The summed E-state index contributed by atoms with van der Waals surface area (Å²) in [5.74, 6) is -1.06. The van der Waals surface area contributed by atoms with Crippen LogP contribution in [0.5, 0.6) is 5.75 Å². The molecule has 0 bridgehead atoms. The standard InChI is InChI=1S/C28H23ClF3N5O4S/c1-4-37-14(3)17(11-34-37)16-10-20(28(30,31)32)35-27-21(16)22(24(42-27)25(33)38)36-26(39)19-9-8-15(41-19)12-40-23-13(2)6-5-7-18(23)29/h5-11H,4,12H2,1-3H3,(H2,33,38)(H,36,39). The monoisotopic (exact) mass is 617 g/mol. The Kier molecular flexibility index (Phi) is 7.73.